The summed E-state index contributed by atoms with van der Waals surface area (Å²) in [5, 5.41) is 7.44. The lowest BCUT2D eigenvalue weighted by molar-refractivity contribution is 0.599. The summed E-state index contributed by atoms with van der Waals surface area (Å²) < 4.78 is 5.92. The predicted molar refractivity (Wildman–Crippen MR) is 89.5 cm³/mol. The normalized spacial score (nSPS) is 12.2. The number of fused-ring (bicyclic) bond motifs is 1. The van der Waals surface area contributed by atoms with Crippen LogP contribution >= 0.6 is 11.3 Å². The minimum Gasteiger partial charge on any atom is -0.456 e. The van der Waals surface area contributed by atoms with Crippen molar-refractivity contribution >= 4 is 27.9 Å². The zero-order chi connectivity index (χ0) is 14.7. The molecule has 3 nitrogen and oxygen atoms in total. The molecule has 1 N–H and O–H groups in total. The Hall–Kier alpha value is -1.91. The van der Waals surface area contributed by atoms with Crippen LogP contribution in [-0.4, -0.2) is 18.1 Å². The Morgan fingerprint density at radius 3 is 3.05 bits per heavy atom. The number of benzene rings is 1. The molecule has 0 spiro atoms. The van der Waals surface area contributed by atoms with Crippen LogP contribution in [0.1, 0.15) is 19.6 Å². The van der Waals surface area contributed by atoms with Crippen LogP contribution in [-0.2, 0) is 0 Å². The van der Waals surface area contributed by atoms with Gasteiger partial charge >= 0.3 is 0 Å². The lowest BCUT2D eigenvalue weighted by Crippen LogP contribution is -2.11. The molecule has 3 aromatic rings. The van der Waals surface area contributed by atoms with Crippen LogP contribution < -0.4 is 5.32 Å². The fraction of sp³-hybridized carbons (Fsp3) is 0.235. The highest BCUT2D eigenvalue weighted by atomic mass is 32.1. The fourth-order valence-electron chi connectivity index (χ4n) is 2.21. The smallest absolute Gasteiger partial charge is 0.134 e. The molecule has 0 amide bonds. The van der Waals surface area contributed by atoms with Crippen molar-refractivity contribution in [1.82, 2.24) is 10.3 Å². The molecule has 2 heterocycles. The predicted octanol–water partition coefficient (Wildman–Crippen LogP) is 4.57. The number of nitrogens with zero attached hydrogens (tertiary/aromatic N) is 1. The molecular weight excluding hydrogens is 280 g/mol. The molecule has 0 aliphatic carbocycles. The van der Waals surface area contributed by atoms with E-state index in [4.69, 9.17) is 4.42 Å². The van der Waals surface area contributed by atoms with Gasteiger partial charge in [-0.2, -0.15) is 0 Å². The number of aromatic nitrogens is 1. The zero-order valence-corrected chi connectivity index (χ0v) is 13.0. The Morgan fingerprint density at radius 1 is 1.38 bits per heavy atom. The van der Waals surface area contributed by atoms with Crippen molar-refractivity contribution in [1.29, 1.82) is 0 Å². The quantitative estimate of drug-likeness (QED) is 0.701. The van der Waals surface area contributed by atoms with Gasteiger partial charge in [-0.05, 0) is 43.3 Å². The van der Waals surface area contributed by atoms with E-state index in [1.54, 1.807) is 11.3 Å². The molecule has 0 saturated carbocycles. The topological polar surface area (TPSA) is 38.1 Å². The molecule has 0 radical (unpaired) electrons. The molecule has 0 atom stereocenters. The Labute approximate surface area is 128 Å². The Bertz CT molecular complexity index is 756. The Morgan fingerprint density at radius 2 is 2.29 bits per heavy atom. The number of nitrogens with one attached hydrogen (secondary N) is 1. The molecule has 4 heteroatoms. The summed E-state index contributed by atoms with van der Waals surface area (Å²) in [4.78, 5) is 4.35. The van der Waals surface area contributed by atoms with Crippen LogP contribution in [0.15, 0.2) is 46.3 Å². The minimum atomic E-state index is 0.865. The SMILES string of the molecule is CCNC/C=C(\C)c1cc2cc(-c3nccs3)ccc2o1. The number of furan rings is 1. The molecule has 2 aromatic heterocycles. The highest BCUT2D eigenvalue weighted by Gasteiger charge is 2.08. The van der Waals surface area contributed by atoms with Gasteiger partial charge in [0, 0.05) is 29.1 Å². The van der Waals surface area contributed by atoms with Gasteiger partial charge in [-0.1, -0.05) is 13.0 Å². The first-order valence-electron chi connectivity index (χ1n) is 7.09. The average Bonchev–Trinajstić information content (AvgIpc) is 3.15. The van der Waals surface area contributed by atoms with Crippen molar-refractivity contribution < 1.29 is 4.42 Å². The molecule has 0 saturated heterocycles. The maximum atomic E-state index is 5.92. The number of thiazole rings is 1. The largest absolute Gasteiger partial charge is 0.456 e. The number of hydrogen-bond donors (Lipinski definition) is 1. The van der Waals surface area contributed by atoms with Gasteiger partial charge in [-0.15, -0.1) is 11.3 Å². The third kappa shape index (κ3) is 3.06. The van der Waals surface area contributed by atoms with E-state index in [0.29, 0.717) is 0 Å². The summed E-state index contributed by atoms with van der Waals surface area (Å²) in [6.07, 6.45) is 3.99. The van der Waals surface area contributed by atoms with Crippen LogP contribution in [0.25, 0.3) is 27.1 Å². The molecule has 0 unspecified atom stereocenters. The first-order valence-corrected chi connectivity index (χ1v) is 7.97. The van der Waals surface area contributed by atoms with E-state index < -0.39 is 0 Å². The number of hydrogen-bond acceptors (Lipinski definition) is 4. The van der Waals surface area contributed by atoms with Crippen molar-refractivity contribution in [2.24, 2.45) is 0 Å². The van der Waals surface area contributed by atoms with Gasteiger partial charge in [-0.3, -0.25) is 0 Å². The van der Waals surface area contributed by atoms with Crippen molar-refractivity contribution in [2.75, 3.05) is 13.1 Å². The van der Waals surface area contributed by atoms with Gasteiger partial charge in [0.2, 0.25) is 0 Å². The molecule has 0 fully saturated rings. The van der Waals surface area contributed by atoms with E-state index in [1.807, 2.05) is 17.6 Å². The first kappa shape index (κ1) is 14.0. The van der Waals surface area contributed by atoms with Crippen LogP contribution in [0, 0.1) is 0 Å². The van der Waals surface area contributed by atoms with Gasteiger partial charge in [0.1, 0.15) is 16.4 Å². The highest BCUT2D eigenvalue weighted by Crippen LogP contribution is 2.29. The van der Waals surface area contributed by atoms with Crippen molar-refractivity contribution in [3.05, 3.63) is 47.7 Å². The van der Waals surface area contributed by atoms with Gasteiger partial charge < -0.3 is 9.73 Å². The molecule has 0 bridgehead atoms. The maximum Gasteiger partial charge on any atom is 0.134 e. The van der Waals surface area contributed by atoms with E-state index in [2.05, 4.69) is 48.4 Å². The van der Waals surface area contributed by atoms with Gasteiger partial charge in [-0.25, -0.2) is 4.98 Å². The molecule has 3 rings (SSSR count). The second kappa shape index (κ2) is 6.24. The van der Waals surface area contributed by atoms with E-state index in [0.717, 1.165) is 46.0 Å². The van der Waals surface area contributed by atoms with E-state index in [1.165, 1.54) is 0 Å². The van der Waals surface area contributed by atoms with Crippen LogP contribution in [0.4, 0.5) is 0 Å². The third-order valence-corrected chi connectivity index (χ3v) is 4.21. The average molecular weight is 298 g/mol. The van der Waals surface area contributed by atoms with Gasteiger partial charge in [0.15, 0.2) is 0 Å². The summed E-state index contributed by atoms with van der Waals surface area (Å²) in [6.45, 7) is 6.02. The number of likely N-dealkylation sites (N-methyl/N-ethyl adjacent to an activating group) is 1. The van der Waals surface area contributed by atoms with Crippen molar-refractivity contribution in [3.8, 4) is 10.6 Å². The second-order valence-electron chi connectivity index (χ2n) is 4.90. The minimum absolute atomic E-state index is 0.865. The van der Waals surface area contributed by atoms with Crippen LogP contribution in [0.2, 0.25) is 0 Å². The Kier molecular flexibility index (Phi) is 4.18. The molecule has 21 heavy (non-hydrogen) atoms. The molecule has 0 aliphatic heterocycles. The summed E-state index contributed by atoms with van der Waals surface area (Å²) >= 11 is 1.65. The van der Waals surface area contributed by atoms with E-state index in [-0.39, 0.29) is 0 Å². The standard InChI is InChI=1S/C17H18N2OS/c1-3-18-7-6-12(2)16-11-14-10-13(4-5-15(14)20-16)17-19-8-9-21-17/h4-6,8-11,18H,3,7H2,1-2H3/b12-6+. The van der Waals surface area contributed by atoms with Crippen molar-refractivity contribution in [2.45, 2.75) is 13.8 Å². The second-order valence-corrected chi connectivity index (χ2v) is 5.79. The molecule has 108 valence electrons. The van der Waals surface area contributed by atoms with E-state index >= 15 is 0 Å². The molecule has 0 aliphatic rings. The lowest BCUT2D eigenvalue weighted by Gasteiger charge is -1.97. The van der Waals surface area contributed by atoms with E-state index in [9.17, 15) is 0 Å². The monoisotopic (exact) mass is 298 g/mol. The Balaban J connectivity index is 1.91. The summed E-state index contributed by atoms with van der Waals surface area (Å²) in [5.74, 6) is 0.930. The fourth-order valence-corrected chi connectivity index (χ4v) is 2.84. The summed E-state index contributed by atoms with van der Waals surface area (Å²) in [7, 11) is 0. The lowest BCUT2D eigenvalue weighted by atomic mass is 10.1. The molecular formula is C17H18N2OS. The van der Waals surface area contributed by atoms with Crippen LogP contribution in [0.5, 0.6) is 0 Å². The third-order valence-electron chi connectivity index (χ3n) is 3.39. The number of rotatable bonds is 5. The highest BCUT2D eigenvalue weighted by molar-refractivity contribution is 7.13. The van der Waals surface area contributed by atoms with Crippen LogP contribution in [0.3, 0.4) is 0 Å². The maximum absolute atomic E-state index is 5.92. The van der Waals surface area contributed by atoms with Crippen molar-refractivity contribution in [3.63, 3.8) is 0 Å². The van der Waals surface area contributed by atoms with Gasteiger partial charge in [0.05, 0.1) is 0 Å². The number of allylic oxidation sites excluding steroid dienone is 1. The summed E-state index contributed by atoms with van der Waals surface area (Å²) in [5.41, 5.74) is 3.21. The van der Waals surface area contributed by atoms with Gasteiger partial charge in [0.25, 0.3) is 0 Å². The zero-order valence-electron chi connectivity index (χ0n) is 12.2. The summed E-state index contributed by atoms with van der Waals surface area (Å²) in [6, 6.07) is 8.32. The molecule has 1 aromatic carbocycles. The first-order chi connectivity index (χ1) is 10.3.